The van der Waals surface area contributed by atoms with Crippen LogP contribution in [0.15, 0.2) is 22.8 Å². The lowest BCUT2D eigenvalue weighted by atomic mass is 10.4. The van der Waals surface area contributed by atoms with E-state index in [0.29, 0.717) is 11.1 Å². The number of nitrogens with one attached hydrogen (secondary N) is 1. The molecule has 0 bridgehead atoms. The number of rotatable bonds is 1. The van der Waals surface area contributed by atoms with Crippen molar-refractivity contribution in [2.24, 2.45) is 0 Å². The van der Waals surface area contributed by atoms with Crippen molar-refractivity contribution in [2.45, 2.75) is 0 Å². The Hall–Kier alpha value is -1.71. The molecule has 2 aromatic rings. The van der Waals surface area contributed by atoms with Crippen LogP contribution < -0.4 is 5.11 Å². The Morgan fingerprint density at radius 3 is 3.09 bits per heavy atom. The predicted molar refractivity (Wildman–Crippen MR) is 34.9 cm³/mol. The fourth-order valence-corrected chi connectivity index (χ4v) is 0.958. The van der Waals surface area contributed by atoms with Gasteiger partial charge in [0.15, 0.2) is 5.58 Å². The molecule has 0 saturated heterocycles. The van der Waals surface area contributed by atoms with Crippen LogP contribution in [-0.2, 0) is 0 Å². The number of hydrogen-bond acceptors (Lipinski definition) is 3. The normalized spacial score (nSPS) is 10.5. The number of carbonyl (C=O) groups is 1. The molecule has 1 N–H and O–H groups in total. The summed E-state index contributed by atoms with van der Waals surface area (Å²) >= 11 is 0. The number of aromatic amines is 1. The Labute approximate surface area is 61.4 Å². The van der Waals surface area contributed by atoms with Gasteiger partial charge in [-0.25, -0.2) is 0 Å². The number of aromatic nitrogens is 1. The number of carbonyl (C=O) groups excluding carboxylic acids is 1. The molecule has 0 atom stereocenters. The summed E-state index contributed by atoms with van der Waals surface area (Å²) in [6.45, 7) is 0. The second-order valence-electron chi connectivity index (χ2n) is 2.17. The van der Waals surface area contributed by atoms with E-state index >= 15 is 0 Å². The fraction of sp³-hybridized carbons (Fsp3) is 0. The smallest absolute Gasteiger partial charge is 0.152 e. The van der Waals surface area contributed by atoms with Gasteiger partial charge in [-0.2, -0.15) is 0 Å². The van der Waals surface area contributed by atoms with Crippen LogP contribution in [0.1, 0.15) is 10.5 Å². The average Bonchev–Trinajstić information content (AvgIpc) is 2.40. The number of H-pyrrole nitrogens is 1. The third-order valence-electron chi connectivity index (χ3n) is 1.46. The van der Waals surface area contributed by atoms with Crippen LogP contribution in [0, 0.1) is 0 Å². The average molecular weight is 150 g/mol. The number of aromatic carboxylic acids is 1. The second kappa shape index (κ2) is 1.88. The molecule has 11 heavy (non-hydrogen) atoms. The van der Waals surface area contributed by atoms with Crippen molar-refractivity contribution in [1.82, 2.24) is 4.98 Å². The summed E-state index contributed by atoms with van der Waals surface area (Å²) in [6, 6.07) is 3.05. The van der Waals surface area contributed by atoms with Gasteiger partial charge in [0.1, 0.15) is 0 Å². The van der Waals surface area contributed by atoms with Gasteiger partial charge in [0.25, 0.3) is 0 Å². The molecule has 0 amide bonds. The molecule has 0 radical (unpaired) electrons. The van der Waals surface area contributed by atoms with Crippen LogP contribution >= 0.6 is 0 Å². The van der Waals surface area contributed by atoms with Gasteiger partial charge in [0.05, 0.1) is 23.4 Å². The first kappa shape index (κ1) is 6.03. The largest absolute Gasteiger partial charge is 0.543 e. The van der Waals surface area contributed by atoms with Crippen molar-refractivity contribution in [3.05, 3.63) is 24.1 Å². The van der Waals surface area contributed by atoms with Crippen LogP contribution in [0.2, 0.25) is 0 Å². The van der Waals surface area contributed by atoms with Crippen molar-refractivity contribution in [2.75, 3.05) is 0 Å². The van der Waals surface area contributed by atoms with Gasteiger partial charge in [-0.3, -0.25) is 0 Å². The Bertz CT molecular complexity index is 370. The van der Waals surface area contributed by atoms with Crippen molar-refractivity contribution >= 4 is 17.1 Å². The maximum absolute atomic E-state index is 10.3. The van der Waals surface area contributed by atoms with Crippen molar-refractivity contribution in [3.8, 4) is 0 Å². The molecule has 0 aromatic carbocycles. The van der Waals surface area contributed by atoms with Crippen LogP contribution in [0.25, 0.3) is 11.1 Å². The number of hydrogen-bond donors (Lipinski definition) is 1. The SMILES string of the molecule is O=C([O-])c1cc2occc2[nH]1. The monoisotopic (exact) mass is 150 g/mol. The number of fused-ring (bicyclic) bond motifs is 1. The lowest BCUT2D eigenvalue weighted by Gasteiger charge is -1.93. The minimum Gasteiger partial charge on any atom is -0.543 e. The summed E-state index contributed by atoms with van der Waals surface area (Å²) in [6.07, 6.45) is 1.49. The zero-order valence-corrected chi connectivity index (χ0v) is 5.46. The second-order valence-corrected chi connectivity index (χ2v) is 2.17. The first-order valence-corrected chi connectivity index (χ1v) is 3.05. The van der Waals surface area contributed by atoms with E-state index < -0.39 is 5.97 Å². The molecule has 2 aromatic heterocycles. The highest BCUT2D eigenvalue weighted by Crippen LogP contribution is 2.14. The third kappa shape index (κ3) is 0.797. The first-order chi connectivity index (χ1) is 5.27. The highest BCUT2D eigenvalue weighted by atomic mass is 16.4. The molecule has 0 aliphatic carbocycles. The Kier molecular flexibility index (Phi) is 1.03. The zero-order valence-electron chi connectivity index (χ0n) is 5.46. The quantitative estimate of drug-likeness (QED) is 0.627. The molecule has 0 fully saturated rings. The molecule has 0 unspecified atom stereocenters. The van der Waals surface area contributed by atoms with Gasteiger partial charge in [0, 0.05) is 12.1 Å². The molecular weight excluding hydrogens is 146 g/mol. The molecule has 56 valence electrons. The van der Waals surface area contributed by atoms with Crippen molar-refractivity contribution in [3.63, 3.8) is 0 Å². The highest BCUT2D eigenvalue weighted by molar-refractivity contribution is 5.90. The van der Waals surface area contributed by atoms with Gasteiger partial charge >= 0.3 is 0 Å². The summed E-state index contributed by atoms with van der Waals surface area (Å²) < 4.78 is 4.93. The maximum atomic E-state index is 10.3. The van der Waals surface area contributed by atoms with E-state index in [2.05, 4.69) is 4.98 Å². The van der Waals surface area contributed by atoms with Gasteiger partial charge in [-0.05, 0) is 0 Å². The standard InChI is InChI=1S/C7H5NO3/c9-7(10)5-3-6-4(8-5)1-2-11-6/h1-3,8H,(H,9,10)/p-1. The Balaban J connectivity index is 2.67. The van der Waals surface area contributed by atoms with Crippen LogP contribution in [-0.4, -0.2) is 11.0 Å². The highest BCUT2D eigenvalue weighted by Gasteiger charge is 2.02. The van der Waals surface area contributed by atoms with Gasteiger partial charge in [0.2, 0.25) is 0 Å². The summed E-state index contributed by atoms with van der Waals surface area (Å²) in [5, 5.41) is 10.3. The third-order valence-corrected chi connectivity index (χ3v) is 1.46. The van der Waals surface area contributed by atoms with Gasteiger partial charge in [-0.15, -0.1) is 0 Å². The minimum atomic E-state index is -1.23. The maximum Gasteiger partial charge on any atom is 0.152 e. The fourth-order valence-electron chi connectivity index (χ4n) is 0.958. The van der Waals surface area contributed by atoms with E-state index in [1.165, 1.54) is 12.3 Å². The summed E-state index contributed by atoms with van der Waals surface area (Å²) in [7, 11) is 0. The Morgan fingerprint density at radius 1 is 1.64 bits per heavy atom. The van der Waals surface area contributed by atoms with Gasteiger partial charge < -0.3 is 19.3 Å². The molecule has 2 rings (SSSR count). The molecule has 4 heteroatoms. The summed E-state index contributed by atoms with van der Waals surface area (Å²) in [5.41, 5.74) is 1.24. The minimum absolute atomic E-state index is 0.0411. The van der Waals surface area contributed by atoms with E-state index in [4.69, 9.17) is 4.42 Å². The lowest BCUT2D eigenvalue weighted by Crippen LogP contribution is -2.22. The van der Waals surface area contributed by atoms with Crippen molar-refractivity contribution < 1.29 is 14.3 Å². The summed E-state index contributed by atoms with van der Waals surface area (Å²) in [4.78, 5) is 12.9. The van der Waals surface area contributed by atoms with Crippen LogP contribution in [0.3, 0.4) is 0 Å². The first-order valence-electron chi connectivity index (χ1n) is 3.05. The molecule has 4 nitrogen and oxygen atoms in total. The topological polar surface area (TPSA) is 69.1 Å². The number of carboxylic acid groups (broad SMARTS) is 1. The predicted octanol–water partition coefficient (Wildman–Crippen LogP) is 0.124. The Morgan fingerprint density at radius 2 is 2.45 bits per heavy atom. The number of carboxylic acids is 1. The van der Waals surface area contributed by atoms with Crippen molar-refractivity contribution in [1.29, 1.82) is 0 Å². The molecule has 0 aliphatic rings. The lowest BCUT2D eigenvalue weighted by molar-refractivity contribution is -0.255. The van der Waals surface area contributed by atoms with E-state index in [1.54, 1.807) is 6.07 Å². The zero-order chi connectivity index (χ0) is 7.84. The van der Waals surface area contributed by atoms with Crippen LogP contribution in [0.5, 0.6) is 0 Å². The molecular formula is C7H4NO3-. The molecule has 2 heterocycles. The van der Waals surface area contributed by atoms with Gasteiger partial charge in [-0.1, -0.05) is 0 Å². The molecule has 0 saturated carbocycles. The van der Waals surface area contributed by atoms with Crippen LogP contribution in [0.4, 0.5) is 0 Å². The van der Waals surface area contributed by atoms with E-state index in [9.17, 15) is 9.90 Å². The van der Waals surface area contributed by atoms with E-state index in [-0.39, 0.29) is 5.69 Å². The molecule has 0 aliphatic heterocycles. The molecule has 0 spiro atoms. The van der Waals surface area contributed by atoms with E-state index in [0.717, 1.165) is 0 Å². The van der Waals surface area contributed by atoms with E-state index in [1.807, 2.05) is 0 Å². The number of furan rings is 1. The summed E-state index contributed by atoms with van der Waals surface area (Å²) in [5.74, 6) is -1.23.